The Hall–Kier alpha value is -3.16. The molecular formula is C24H27N5O2. The van der Waals surface area contributed by atoms with Crippen LogP contribution in [0.1, 0.15) is 11.3 Å². The quantitative estimate of drug-likeness (QED) is 0.523. The van der Waals surface area contributed by atoms with Gasteiger partial charge >= 0.3 is 0 Å². The van der Waals surface area contributed by atoms with Gasteiger partial charge in [-0.1, -0.05) is 18.2 Å². The summed E-state index contributed by atoms with van der Waals surface area (Å²) in [5.74, 6) is 0.759. The van der Waals surface area contributed by atoms with Crippen LogP contribution in [0.2, 0.25) is 0 Å². The molecule has 2 aromatic heterocycles. The lowest BCUT2D eigenvalue weighted by molar-refractivity contribution is 0.0635. The number of aromatic nitrogens is 4. The van der Waals surface area contributed by atoms with E-state index in [1.54, 1.807) is 0 Å². The van der Waals surface area contributed by atoms with Gasteiger partial charge in [0.2, 0.25) is 0 Å². The number of hydrogen-bond donors (Lipinski definition) is 1. The smallest absolute Gasteiger partial charge is 0.120 e. The van der Waals surface area contributed by atoms with Gasteiger partial charge in [-0.3, -0.25) is 9.58 Å². The zero-order valence-electron chi connectivity index (χ0n) is 17.9. The van der Waals surface area contributed by atoms with Gasteiger partial charge in [0.15, 0.2) is 0 Å². The maximum absolute atomic E-state index is 10.5. The summed E-state index contributed by atoms with van der Waals surface area (Å²) in [6.07, 6.45) is 4.17. The molecule has 4 aromatic rings. The van der Waals surface area contributed by atoms with Gasteiger partial charge in [0.25, 0.3) is 0 Å². The molecule has 0 aliphatic carbocycles. The highest BCUT2D eigenvalue weighted by atomic mass is 16.5. The Morgan fingerprint density at radius 1 is 1.13 bits per heavy atom. The molecule has 0 fully saturated rings. The van der Waals surface area contributed by atoms with Gasteiger partial charge in [-0.15, -0.1) is 0 Å². The number of imidazole rings is 1. The third-order valence-corrected chi connectivity index (χ3v) is 6.01. The summed E-state index contributed by atoms with van der Waals surface area (Å²) >= 11 is 0. The number of ether oxygens (including phenoxy) is 1. The van der Waals surface area contributed by atoms with Crippen LogP contribution in [0.15, 0.2) is 55.0 Å². The van der Waals surface area contributed by atoms with Crippen molar-refractivity contribution >= 4 is 11.0 Å². The minimum absolute atomic E-state index is 0.264. The minimum atomic E-state index is -0.548. The molecule has 31 heavy (non-hydrogen) atoms. The van der Waals surface area contributed by atoms with Gasteiger partial charge in [0, 0.05) is 51.4 Å². The molecule has 0 spiro atoms. The van der Waals surface area contributed by atoms with E-state index in [4.69, 9.17) is 4.74 Å². The van der Waals surface area contributed by atoms with Crippen LogP contribution in [0.3, 0.4) is 0 Å². The number of aliphatic hydroxyl groups is 1. The largest absolute Gasteiger partial charge is 0.491 e. The first kappa shape index (κ1) is 19.8. The first-order chi connectivity index (χ1) is 15.1. The monoisotopic (exact) mass is 417 g/mol. The Kier molecular flexibility index (Phi) is 5.21. The van der Waals surface area contributed by atoms with E-state index in [1.165, 1.54) is 11.3 Å². The summed E-state index contributed by atoms with van der Waals surface area (Å²) in [6, 6.07) is 14.3. The molecule has 7 heteroatoms. The molecule has 0 saturated heterocycles. The Labute approximate surface area is 181 Å². The van der Waals surface area contributed by atoms with Crippen molar-refractivity contribution in [2.75, 3.05) is 19.7 Å². The maximum Gasteiger partial charge on any atom is 0.120 e. The van der Waals surface area contributed by atoms with Gasteiger partial charge in [-0.05, 0) is 35.4 Å². The predicted molar refractivity (Wildman–Crippen MR) is 120 cm³/mol. The molecule has 0 bridgehead atoms. The molecule has 160 valence electrons. The molecule has 0 amide bonds. The highest BCUT2D eigenvalue weighted by molar-refractivity contribution is 5.82. The number of nitrogens with zero attached hydrogens (tertiary/aromatic N) is 5. The van der Waals surface area contributed by atoms with Gasteiger partial charge in [0.1, 0.15) is 18.5 Å². The summed E-state index contributed by atoms with van der Waals surface area (Å²) < 4.78 is 9.90. The molecule has 0 saturated carbocycles. The van der Waals surface area contributed by atoms with E-state index in [0.29, 0.717) is 6.54 Å². The van der Waals surface area contributed by atoms with E-state index in [1.807, 2.05) is 60.1 Å². The van der Waals surface area contributed by atoms with Gasteiger partial charge < -0.3 is 14.4 Å². The molecular weight excluding hydrogens is 390 g/mol. The van der Waals surface area contributed by atoms with Crippen LogP contribution in [-0.4, -0.2) is 55.1 Å². The van der Waals surface area contributed by atoms with E-state index < -0.39 is 6.10 Å². The van der Waals surface area contributed by atoms with Crippen LogP contribution in [0.25, 0.3) is 22.2 Å². The maximum atomic E-state index is 10.5. The van der Waals surface area contributed by atoms with E-state index in [-0.39, 0.29) is 6.61 Å². The molecule has 1 aliphatic heterocycles. The average Bonchev–Trinajstić information content (AvgIpc) is 3.34. The van der Waals surface area contributed by atoms with Gasteiger partial charge in [0.05, 0.1) is 23.6 Å². The molecule has 7 nitrogen and oxygen atoms in total. The van der Waals surface area contributed by atoms with Crippen LogP contribution >= 0.6 is 0 Å². The summed E-state index contributed by atoms with van der Waals surface area (Å²) in [5.41, 5.74) is 6.82. The van der Waals surface area contributed by atoms with Crippen molar-refractivity contribution in [2.24, 2.45) is 14.1 Å². The second kappa shape index (κ2) is 8.17. The SMILES string of the molecule is Cn1ncc2c1CCN(C[C@H](O)COc1cccc(-c3ccc4ncn(C)c4c3)c1)C2. The molecule has 1 N–H and O–H groups in total. The lowest BCUT2D eigenvalue weighted by atomic mass is 10.0. The fourth-order valence-electron chi connectivity index (χ4n) is 4.32. The fourth-order valence-corrected chi connectivity index (χ4v) is 4.32. The van der Waals surface area contributed by atoms with Crippen LogP contribution in [0.5, 0.6) is 5.75 Å². The number of fused-ring (bicyclic) bond motifs is 2. The zero-order valence-corrected chi connectivity index (χ0v) is 17.9. The standard InChI is InChI=1S/C24H27N5O2/c1-27-16-25-22-7-6-18(11-24(22)27)17-4-3-5-21(10-17)31-15-20(30)14-29-9-8-23-19(13-29)12-26-28(23)2/h3-7,10-12,16,20,30H,8-9,13-15H2,1-2H3/t20-/m0/s1. The summed E-state index contributed by atoms with van der Waals surface area (Å²) in [6.45, 7) is 2.60. The summed E-state index contributed by atoms with van der Waals surface area (Å²) in [4.78, 5) is 6.64. The Morgan fingerprint density at radius 3 is 2.90 bits per heavy atom. The molecule has 0 unspecified atom stereocenters. The number of aliphatic hydroxyl groups excluding tert-OH is 1. The van der Waals surface area contributed by atoms with Gasteiger partial charge in [-0.25, -0.2) is 4.98 Å². The highest BCUT2D eigenvalue weighted by Crippen LogP contribution is 2.27. The van der Waals surface area contributed by atoms with E-state index in [2.05, 4.69) is 33.2 Å². The van der Waals surface area contributed by atoms with Gasteiger partial charge in [-0.2, -0.15) is 5.10 Å². The Balaban J connectivity index is 1.21. The number of rotatable bonds is 6. The molecule has 5 rings (SSSR count). The lowest BCUT2D eigenvalue weighted by Gasteiger charge is -2.28. The second-order valence-corrected chi connectivity index (χ2v) is 8.28. The van der Waals surface area contributed by atoms with Crippen LogP contribution in [0.4, 0.5) is 0 Å². The highest BCUT2D eigenvalue weighted by Gasteiger charge is 2.21. The van der Waals surface area contributed by atoms with Crippen molar-refractivity contribution in [3.05, 3.63) is 66.2 Å². The summed E-state index contributed by atoms with van der Waals surface area (Å²) in [7, 11) is 3.98. The van der Waals surface area contributed by atoms with Crippen LogP contribution < -0.4 is 4.74 Å². The van der Waals surface area contributed by atoms with Crippen molar-refractivity contribution in [2.45, 2.75) is 19.1 Å². The van der Waals surface area contributed by atoms with Crippen molar-refractivity contribution < 1.29 is 9.84 Å². The third kappa shape index (κ3) is 4.06. The van der Waals surface area contributed by atoms with Crippen LogP contribution in [-0.2, 0) is 27.1 Å². The van der Waals surface area contributed by atoms with E-state index in [0.717, 1.165) is 47.4 Å². The van der Waals surface area contributed by atoms with Crippen molar-refractivity contribution in [1.29, 1.82) is 0 Å². The average molecular weight is 418 g/mol. The summed E-state index contributed by atoms with van der Waals surface area (Å²) in [5, 5.41) is 14.9. The fraction of sp³-hybridized carbons (Fsp3) is 0.333. The van der Waals surface area contributed by atoms with Crippen LogP contribution in [0, 0.1) is 0 Å². The molecule has 2 aromatic carbocycles. The lowest BCUT2D eigenvalue weighted by Crippen LogP contribution is -2.39. The number of benzene rings is 2. The number of aryl methyl sites for hydroxylation is 2. The first-order valence-electron chi connectivity index (χ1n) is 10.6. The normalized spacial score (nSPS) is 15.2. The molecule has 1 atom stereocenters. The Morgan fingerprint density at radius 2 is 2.00 bits per heavy atom. The van der Waals surface area contributed by atoms with Crippen molar-refractivity contribution in [1.82, 2.24) is 24.2 Å². The zero-order chi connectivity index (χ0) is 21.4. The predicted octanol–water partition coefficient (Wildman–Crippen LogP) is 2.77. The van der Waals surface area contributed by atoms with E-state index >= 15 is 0 Å². The van der Waals surface area contributed by atoms with E-state index in [9.17, 15) is 5.11 Å². The third-order valence-electron chi connectivity index (χ3n) is 6.01. The number of β-amino-alcohol motifs (C(OH)–C–C–N with tert-alkyl or cyclic N) is 1. The first-order valence-corrected chi connectivity index (χ1v) is 10.6. The minimum Gasteiger partial charge on any atom is -0.491 e. The topological polar surface area (TPSA) is 68.3 Å². The molecule has 3 heterocycles. The Bertz CT molecular complexity index is 1210. The van der Waals surface area contributed by atoms with Crippen molar-refractivity contribution in [3.8, 4) is 16.9 Å². The second-order valence-electron chi connectivity index (χ2n) is 8.28. The molecule has 0 radical (unpaired) electrons. The van der Waals surface area contributed by atoms with Crippen molar-refractivity contribution in [3.63, 3.8) is 0 Å². The number of hydrogen-bond acceptors (Lipinski definition) is 5. The molecule has 1 aliphatic rings.